The summed E-state index contributed by atoms with van der Waals surface area (Å²) in [6.07, 6.45) is 7.93. The molecule has 1 aliphatic heterocycles. The van der Waals surface area contributed by atoms with Crippen LogP contribution in [0.2, 0.25) is 13.1 Å². The molecule has 0 saturated carbocycles. The standard InChI is InChI=1S/C66H52N2OSi/c1-41-19-9-15-29-58(41)68(43-33-35-47-46-23-12-14-28-56(46)66(2,3)57(47)37-43)60-40-54-51-26-18-32-62-64(51)55(39-53(54)45-22-10-11-24-48(45)60)50-36-34-44(38-63(50)70(62,4)5)67(42-20-7-6-8-21-42)59-30-17-27-52-49-25-13-16-31-61(49)69-65(52)59/h6-18,20-41H,19H2,1-5H3. The van der Waals surface area contributed by atoms with Crippen LogP contribution in [0.25, 0.3) is 76.5 Å². The van der Waals surface area contributed by atoms with Crippen molar-refractivity contribution < 1.29 is 4.42 Å². The average molecular weight is 917 g/mol. The molecule has 3 nitrogen and oxygen atoms in total. The van der Waals surface area contributed by atoms with E-state index in [2.05, 4.69) is 250 Å². The van der Waals surface area contributed by atoms with Crippen molar-refractivity contribution in [2.75, 3.05) is 9.80 Å². The fourth-order valence-electron chi connectivity index (χ4n) is 12.7. The summed E-state index contributed by atoms with van der Waals surface area (Å²) in [5, 5.41) is 13.0. The topological polar surface area (TPSA) is 19.6 Å². The Labute approximate surface area is 410 Å². The SMILES string of the molecule is CC1CC=CC=C1N(c1ccc2c(c1)C(C)(C)c1ccccc1-2)c1cc2c3cccc4c3c(cc2c2ccccc12)-c1ccc(N(c2ccccc2)c2cccc3c2oc2ccccc23)cc1[Si]4(C)C. The highest BCUT2D eigenvalue weighted by Gasteiger charge is 2.39. The van der Waals surface area contributed by atoms with Crippen molar-refractivity contribution in [2.24, 2.45) is 5.92 Å². The lowest BCUT2D eigenvalue weighted by atomic mass is 9.82. The van der Waals surface area contributed by atoms with Crippen LogP contribution in [-0.2, 0) is 5.41 Å². The largest absolute Gasteiger partial charge is 0.454 e. The van der Waals surface area contributed by atoms with E-state index in [4.69, 9.17) is 4.42 Å². The van der Waals surface area contributed by atoms with E-state index in [0.717, 1.165) is 45.4 Å². The minimum atomic E-state index is -2.31. The first kappa shape index (κ1) is 41.1. The molecule has 11 aromatic rings. The van der Waals surface area contributed by atoms with Crippen molar-refractivity contribution in [3.8, 4) is 22.3 Å². The Balaban J connectivity index is 0.987. The Kier molecular flexibility index (Phi) is 8.83. The highest BCUT2D eigenvalue weighted by molar-refractivity contribution is 7.03. The summed E-state index contributed by atoms with van der Waals surface area (Å²) in [6, 6.07) is 70.5. The number of nitrogens with zero attached hydrogens (tertiary/aromatic N) is 2. The van der Waals surface area contributed by atoms with Crippen molar-refractivity contribution in [2.45, 2.75) is 45.7 Å². The number of hydrogen-bond donors (Lipinski definition) is 0. The molecular formula is C66H52N2OSi. The van der Waals surface area contributed by atoms with Crippen molar-refractivity contribution >= 4 is 101 Å². The van der Waals surface area contributed by atoms with Gasteiger partial charge in [0.2, 0.25) is 0 Å². The van der Waals surface area contributed by atoms with Crippen LogP contribution in [-0.4, -0.2) is 8.07 Å². The molecule has 10 aromatic carbocycles. The molecule has 14 rings (SSSR count). The maximum Gasteiger partial charge on any atom is 0.159 e. The number of hydrogen-bond acceptors (Lipinski definition) is 3. The third kappa shape index (κ3) is 5.80. The highest BCUT2D eigenvalue weighted by Crippen LogP contribution is 2.52. The lowest BCUT2D eigenvalue weighted by Crippen LogP contribution is -2.56. The molecule has 0 saturated heterocycles. The summed E-state index contributed by atoms with van der Waals surface area (Å²) in [5.41, 5.74) is 16.8. The molecule has 3 aliphatic rings. The van der Waals surface area contributed by atoms with Crippen LogP contribution in [0.3, 0.4) is 0 Å². The molecule has 0 amide bonds. The number of fused-ring (bicyclic) bond motifs is 12. The molecule has 0 N–H and O–H groups in total. The molecule has 1 atom stereocenters. The van der Waals surface area contributed by atoms with Crippen molar-refractivity contribution in [1.29, 1.82) is 0 Å². The maximum atomic E-state index is 6.71. The minimum absolute atomic E-state index is 0.113. The molecule has 70 heavy (non-hydrogen) atoms. The van der Waals surface area contributed by atoms with E-state index < -0.39 is 8.07 Å². The predicted molar refractivity (Wildman–Crippen MR) is 300 cm³/mol. The number of furan rings is 1. The molecule has 1 aromatic heterocycles. The van der Waals surface area contributed by atoms with Gasteiger partial charge in [-0.25, -0.2) is 0 Å². The number of benzene rings is 10. The van der Waals surface area contributed by atoms with Crippen molar-refractivity contribution in [3.63, 3.8) is 0 Å². The number of rotatable bonds is 6. The lowest BCUT2D eigenvalue weighted by molar-refractivity contribution is 0.657. The van der Waals surface area contributed by atoms with Gasteiger partial charge in [-0.2, -0.15) is 0 Å². The number of anilines is 5. The Morgan fingerprint density at radius 1 is 0.486 bits per heavy atom. The van der Waals surface area contributed by atoms with Crippen molar-refractivity contribution in [1.82, 2.24) is 0 Å². The first-order valence-corrected chi connectivity index (χ1v) is 27.9. The van der Waals surface area contributed by atoms with Gasteiger partial charge in [0.05, 0.1) is 11.4 Å². The van der Waals surface area contributed by atoms with Crippen molar-refractivity contribution in [3.05, 3.63) is 223 Å². The van der Waals surface area contributed by atoms with Crippen LogP contribution in [0.15, 0.2) is 216 Å². The van der Waals surface area contributed by atoms with Gasteiger partial charge in [0.15, 0.2) is 5.58 Å². The van der Waals surface area contributed by atoms with Gasteiger partial charge in [-0.1, -0.05) is 173 Å². The number of allylic oxidation sites excluding steroid dienone is 4. The lowest BCUT2D eigenvalue weighted by Gasteiger charge is -2.36. The first-order chi connectivity index (χ1) is 34.2. The zero-order chi connectivity index (χ0) is 47.0. The molecular weight excluding hydrogens is 865 g/mol. The van der Waals surface area contributed by atoms with Gasteiger partial charge < -0.3 is 14.2 Å². The summed E-state index contributed by atoms with van der Waals surface area (Å²) in [7, 11) is -2.31. The monoisotopic (exact) mass is 916 g/mol. The normalized spacial score (nSPS) is 16.1. The fourth-order valence-corrected chi connectivity index (χ4v) is 15.8. The van der Waals surface area contributed by atoms with E-state index in [1.54, 1.807) is 0 Å². The van der Waals surface area contributed by atoms with E-state index in [0.29, 0.717) is 5.92 Å². The molecule has 0 spiro atoms. The summed E-state index contributed by atoms with van der Waals surface area (Å²) >= 11 is 0. The molecule has 0 fully saturated rings. The predicted octanol–water partition coefficient (Wildman–Crippen LogP) is 17.2. The quantitative estimate of drug-likeness (QED) is 0.122. The third-order valence-corrected chi connectivity index (χ3v) is 19.8. The second-order valence-electron chi connectivity index (χ2n) is 20.9. The second kappa shape index (κ2) is 15.0. The molecule has 4 heteroatoms. The minimum Gasteiger partial charge on any atom is -0.454 e. The van der Waals surface area contributed by atoms with Gasteiger partial charge in [0.25, 0.3) is 0 Å². The zero-order valence-corrected chi connectivity index (χ0v) is 41.2. The summed E-state index contributed by atoms with van der Waals surface area (Å²) in [6.45, 7) is 12.3. The van der Waals surface area contributed by atoms with Gasteiger partial charge in [-0.15, -0.1) is 0 Å². The molecule has 1 unspecified atom stereocenters. The Hall–Kier alpha value is -7.92. The van der Waals surface area contributed by atoms with E-state index in [9.17, 15) is 0 Å². The number of para-hydroxylation sites is 3. The summed E-state index contributed by atoms with van der Waals surface area (Å²) in [5.74, 6) is 0.340. The van der Waals surface area contributed by atoms with E-state index >= 15 is 0 Å². The Bertz CT molecular complexity index is 4080. The summed E-state index contributed by atoms with van der Waals surface area (Å²) < 4.78 is 6.71. The van der Waals surface area contributed by atoms with Gasteiger partial charge in [0.1, 0.15) is 13.7 Å². The third-order valence-electron chi connectivity index (χ3n) is 16.2. The molecule has 2 aliphatic carbocycles. The summed E-state index contributed by atoms with van der Waals surface area (Å²) in [4.78, 5) is 5.00. The van der Waals surface area contributed by atoms with Gasteiger partial charge in [0, 0.05) is 50.3 Å². The first-order valence-electron chi connectivity index (χ1n) is 24.9. The maximum absolute atomic E-state index is 6.71. The van der Waals surface area contributed by atoms with E-state index in [-0.39, 0.29) is 5.41 Å². The smallest absolute Gasteiger partial charge is 0.159 e. The van der Waals surface area contributed by atoms with Crippen LogP contribution in [0, 0.1) is 5.92 Å². The second-order valence-corrected chi connectivity index (χ2v) is 25.2. The van der Waals surface area contributed by atoms with Crippen LogP contribution in [0.1, 0.15) is 38.3 Å². The van der Waals surface area contributed by atoms with Gasteiger partial charge >= 0.3 is 0 Å². The highest BCUT2D eigenvalue weighted by atomic mass is 28.3. The Morgan fingerprint density at radius 2 is 1.16 bits per heavy atom. The molecule has 336 valence electrons. The molecule has 0 bridgehead atoms. The van der Waals surface area contributed by atoms with E-state index in [1.807, 2.05) is 0 Å². The van der Waals surface area contributed by atoms with Crippen LogP contribution in [0.5, 0.6) is 0 Å². The van der Waals surface area contributed by atoms with Gasteiger partial charge in [-0.05, 0) is 144 Å². The fraction of sp³-hybridized carbons (Fsp3) is 0.121. The molecule has 2 heterocycles. The average Bonchev–Trinajstić information content (AvgIpc) is 3.89. The van der Waals surface area contributed by atoms with Crippen LogP contribution >= 0.6 is 0 Å². The van der Waals surface area contributed by atoms with Crippen LogP contribution in [0.4, 0.5) is 28.4 Å². The van der Waals surface area contributed by atoms with E-state index in [1.165, 1.54) is 93.1 Å². The zero-order valence-electron chi connectivity index (χ0n) is 40.2. The molecule has 0 radical (unpaired) electrons. The van der Waals surface area contributed by atoms with Gasteiger partial charge in [-0.3, -0.25) is 0 Å². The Morgan fingerprint density at radius 3 is 2.00 bits per heavy atom. The van der Waals surface area contributed by atoms with Crippen LogP contribution < -0.4 is 20.2 Å².